The predicted octanol–water partition coefficient (Wildman–Crippen LogP) is 1.24. The van der Waals surface area contributed by atoms with Crippen LogP contribution >= 0.6 is 0 Å². The molecule has 0 saturated carbocycles. The van der Waals surface area contributed by atoms with E-state index >= 15 is 0 Å². The normalized spacial score (nSPS) is 17.5. The highest BCUT2D eigenvalue weighted by atomic mass is 16.5. The Labute approximate surface area is 130 Å². The molecule has 3 rings (SSSR count). The van der Waals surface area contributed by atoms with Crippen LogP contribution in [0, 0.1) is 5.92 Å². The van der Waals surface area contributed by atoms with Crippen LogP contribution in [0.5, 0.6) is 5.88 Å². The quantitative estimate of drug-likeness (QED) is 0.823. The number of rotatable bonds is 5. The molecule has 0 aromatic carbocycles. The Morgan fingerprint density at radius 2 is 2.18 bits per heavy atom. The van der Waals surface area contributed by atoms with Gasteiger partial charge in [0.25, 0.3) is 0 Å². The molecule has 2 aromatic heterocycles. The minimum Gasteiger partial charge on any atom is -0.476 e. The largest absolute Gasteiger partial charge is 0.476 e. The molecule has 22 heavy (non-hydrogen) atoms. The summed E-state index contributed by atoms with van der Waals surface area (Å²) in [5, 5.41) is 0. The molecule has 1 unspecified atom stereocenters. The van der Waals surface area contributed by atoms with Gasteiger partial charge in [-0.3, -0.25) is 4.98 Å². The lowest BCUT2D eigenvalue weighted by molar-refractivity contribution is 0.251. The zero-order valence-electron chi connectivity index (χ0n) is 12.9. The maximum atomic E-state index is 5.69. The summed E-state index contributed by atoms with van der Waals surface area (Å²) in [6.07, 6.45) is 7.62. The highest BCUT2D eigenvalue weighted by Gasteiger charge is 2.24. The van der Waals surface area contributed by atoms with Crippen LogP contribution in [0.2, 0.25) is 0 Å². The zero-order chi connectivity index (χ0) is 15.4. The number of aromatic nitrogens is 4. The molecule has 7 nitrogen and oxygen atoms in total. The summed E-state index contributed by atoms with van der Waals surface area (Å²) >= 11 is 0. The molecule has 2 aromatic rings. The third-order valence-electron chi connectivity index (χ3n) is 3.71. The standard InChI is InChI=1S/C15H20N6O/c1-20(2)13-7-14(19-11-18-13)21-6-3-12(9-21)10-22-15-8-16-4-5-17-15/h4-5,7-8,11-12H,3,6,9-10H2,1-2H3. The second-order valence-electron chi connectivity index (χ2n) is 5.58. The van der Waals surface area contributed by atoms with E-state index in [1.54, 1.807) is 24.9 Å². The lowest BCUT2D eigenvalue weighted by atomic mass is 10.1. The Hall–Kier alpha value is -2.44. The number of hydrogen-bond acceptors (Lipinski definition) is 7. The van der Waals surface area contributed by atoms with E-state index in [0.29, 0.717) is 18.4 Å². The first-order valence-corrected chi connectivity index (χ1v) is 7.35. The number of nitrogens with zero attached hydrogens (tertiary/aromatic N) is 6. The highest BCUT2D eigenvalue weighted by molar-refractivity contribution is 5.49. The van der Waals surface area contributed by atoms with Gasteiger partial charge in [0.15, 0.2) is 0 Å². The Morgan fingerprint density at radius 3 is 2.95 bits per heavy atom. The van der Waals surface area contributed by atoms with E-state index in [1.165, 1.54) is 0 Å². The van der Waals surface area contributed by atoms with Crippen molar-refractivity contribution in [3.05, 3.63) is 31.0 Å². The average molecular weight is 300 g/mol. The van der Waals surface area contributed by atoms with E-state index in [2.05, 4.69) is 24.8 Å². The molecule has 1 fully saturated rings. The molecular weight excluding hydrogens is 280 g/mol. The van der Waals surface area contributed by atoms with Crippen LogP contribution in [-0.2, 0) is 0 Å². The number of ether oxygens (including phenoxy) is 1. The predicted molar refractivity (Wildman–Crippen MR) is 84.2 cm³/mol. The van der Waals surface area contributed by atoms with E-state index in [-0.39, 0.29) is 0 Å². The molecule has 1 atom stereocenters. The topological polar surface area (TPSA) is 67.3 Å². The van der Waals surface area contributed by atoms with E-state index < -0.39 is 0 Å². The molecule has 7 heteroatoms. The Balaban J connectivity index is 1.57. The fourth-order valence-corrected chi connectivity index (χ4v) is 2.49. The number of anilines is 2. The van der Waals surface area contributed by atoms with Gasteiger partial charge in [0.05, 0.1) is 12.8 Å². The second kappa shape index (κ2) is 6.55. The fraction of sp³-hybridized carbons (Fsp3) is 0.467. The summed E-state index contributed by atoms with van der Waals surface area (Å²) in [7, 11) is 3.96. The van der Waals surface area contributed by atoms with Crippen molar-refractivity contribution in [2.24, 2.45) is 5.92 Å². The SMILES string of the molecule is CN(C)c1cc(N2CCC(COc3cnccn3)C2)ncn1. The van der Waals surface area contributed by atoms with Gasteiger partial charge in [-0.15, -0.1) is 0 Å². The van der Waals surface area contributed by atoms with Crippen LogP contribution in [0.15, 0.2) is 31.0 Å². The van der Waals surface area contributed by atoms with Crippen molar-refractivity contribution < 1.29 is 4.74 Å². The van der Waals surface area contributed by atoms with Crippen molar-refractivity contribution in [3.63, 3.8) is 0 Å². The van der Waals surface area contributed by atoms with Gasteiger partial charge in [-0.25, -0.2) is 15.0 Å². The van der Waals surface area contributed by atoms with Crippen LogP contribution in [0.4, 0.5) is 11.6 Å². The first-order chi connectivity index (χ1) is 10.7. The van der Waals surface area contributed by atoms with Crippen molar-refractivity contribution in [3.8, 4) is 5.88 Å². The van der Waals surface area contributed by atoms with Gasteiger partial charge in [0, 0.05) is 51.6 Å². The van der Waals surface area contributed by atoms with Crippen LogP contribution in [0.1, 0.15) is 6.42 Å². The van der Waals surface area contributed by atoms with Gasteiger partial charge in [0.2, 0.25) is 5.88 Å². The molecule has 0 N–H and O–H groups in total. The van der Waals surface area contributed by atoms with E-state index in [9.17, 15) is 0 Å². The zero-order valence-corrected chi connectivity index (χ0v) is 12.9. The average Bonchev–Trinajstić information content (AvgIpc) is 3.03. The summed E-state index contributed by atoms with van der Waals surface area (Å²) in [6, 6.07) is 2.02. The van der Waals surface area contributed by atoms with Gasteiger partial charge in [0.1, 0.15) is 18.0 Å². The third-order valence-corrected chi connectivity index (χ3v) is 3.71. The van der Waals surface area contributed by atoms with Gasteiger partial charge in [-0.05, 0) is 6.42 Å². The van der Waals surface area contributed by atoms with Crippen LogP contribution in [0.3, 0.4) is 0 Å². The Bertz CT molecular complexity index is 606. The lowest BCUT2D eigenvalue weighted by Crippen LogP contribution is -2.23. The molecule has 1 saturated heterocycles. The smallest absolute Gasteiger partial charge is 0.232 e. The highest BCUT2D eigenvalue weighted by Crippen LogP contribution is 2.24. The first kappa shape index (κ1) is 14.5. The van der Waals surface area contributed by atoms with Gasteiger partial charge >= 0.3 is 0 Å². The Morgan fingerprint density at radius 1 is 1.27 bits per heavy atom. The summed E-state index contributed by atoms with van der Waals surface area (Å²) in [6.45, 7) is 2.57. The maximum absolute atomic E-state index is 5.69. The van der Waals surface area contributed by atoms with Gasteiger partial charge < -0.3 is 14.5 Å². The van der Waals surface area contributed by atoms with Crippen molar-refractivity contribution in [1.29, 1.82) is 0 Å². The maximum Gasteiger partial charge on any atom is 0.232 e. The van der Waals surface area contributed by atoms with Crippen LogP contribution in [-0.4, -0.2) is 53.7 Å². The molecule has 0 spiro atoms. The molecule has 0 amide bonds. The minimum absolute atomic E-state index is 0.472. The van der Waals surface area contributed by atoms with Gasteiger partial charge in [-0.1, -0.05) is 0 Å². The van der Waals surface area contributed by atoms with Gasteiger partial charge in [-0.2, -0.15) is 0 Å². The molecule has 116 valence electrons. The summed E-state index contributed by atoms with van der Waals surface area (Å²) in [5.74, 6) is 2.95. The summed E-state index contributed by atoms with van der Waals surface area (Å²) in [4.78, 5) is 21.0. The third kappa shape index (κ3) is 3.41. The van der Waals surface area contributed by atoms with Crippen molar-refractivity contribution in [2.75, 3.05) is 43.6 Å². The van der Waals surface area contributed by atoms with E-state index in [4.69, 9.17) is 4.74 Å². The first-order valence-electron chi connectivity index (χ1n) is 7.35. The van der Waals surface area contributed by atoms with Crippen molar-refractivity contribution in [2.45, 2.75) is 6.42 Å². The molecule has 3 heterocycles. The molecular formula is C15H20N6O. The minimum atomic E-state index is 0.472. The fourth-order valence-electron chi connectivity index (χ4n) is 2.49. The molecule has 0 bridgehead atoms. The van der Waals surface area contributed by atoms with Crippen LogP contribution in [0.25, 0.3) is 0 Å². The number of hydrogen-bond donors (Lipinski definition) is 0. The monoisotopic (exact) mass is 300 g/mol. The second-order valence-corrected chi connectivity index (χ2v) is 5.58. The summed E-state index contributed by atoms with van der Waals surface area (Å²) < 4.78 is 5.69. The lowest BCUT2D eigenvalue weighted by Gasteiger charge is -2.19. The molecule has 1 aliphatic rings. The van der Waals surface area contributed by atoms with Crippen molar-refractivity contribution in [1.82, 2.24) is 19.9 Å². The van der Waals surface area contributed by atoms with E-state index in [1.807, 2.05) is 25.1 Å². The molecule has 0 aliphatic carbocycles. The Kier molecular flexibility index (Phi) is 4.32. The summed E-state index contributed by atoms with van der Waals surface area (Å²) in [5.41, 5.74) is 0. The van der Waals surface area contributed by atoms with Crippen molar-refractivity contribution >= 4 is 11.6 Å². The van der Waals surface area contributed by atoms with E-state index in [0.717, 1.165) is 31.1 Å². The molecule has 1 aliphatic heterocycles. The molecule has 0 radical (unpaired) electrons. The van der Waals surface area contributed by atoms with Crippen LogP contribution < -0.4 is 14.5 Å².